The van der Waals surface area contributed by atoms with Gasteiger partial charge in [-0.15, -0.1) is 0 Å². The van der Waals surface area contributed by atoms with E-state index in [9.17, 15) is 24.8 Å². The molecule has 3 aromatic rings. The van der Waals surface area contributed by atoms with Crippen molar-refractivity contribution >= 4 is 28.8 Å². The fraction of sp³-hybridized carbons (Fsp3) is 0.125. The number of nitro groups is 1. The topological polar surface area (TPSA) is 114 Å². The third-order valence-electron chi connectivity index (χ3n) is 5.63. The number of aryl methyl sites for hydroxylation is 1. The van der Waals surface area contributed by atoms with Gasteiger partial charge in [-0.3, -0.25) is 29.6 Å². The van der Waals surface area contributed by atoms with Crippen molar-refractivity contribution in [3.63, 3.8) is 0 Å². The molecule has 8 heteroatoms. The lowest BCUT2D eigenvalue weighted by molar-refractivity contribution is -0.384. The number of carbonyl (C=O) groups is 2. The smallest absolute Gasteiger partial charge is 0.300 e. The van der Waals surface area contributed by atoms with Crippen molar-refractivity contribution in [2.75, 3.05) is 4.90 Å². The fourth-order valence-corrected chi connectivity index (χ4v) is 3.86. The molecule has 1 atom stereocenters. The van der Waals surface area contributed by atoms with Gasteiger partial charge in [0, 0.05) is 35.8 Å². The quantitative estimate of drug-likeness (QED) is 0.218. The molecule has 1 fully saturated rings. The molecule has 1 N–H and O–H groups in total. The van der Waals surface area contributed by atoms with E-state index in [1.54, 1.807) is 24.3 Å². The van der Waals surface area contributed by atoms with E-state index in [1.807, 2.05) is 19.9 Å². The summed E-state index contributed by atoms with van der Waals surface area (Å²) in [6.07, 6.45) is 3.07. The number of benzene rings is 2. The second-order valence-electron chi connectivity index (χ2n) is 7.48. The summed E-state index contributed by atoms with van der Waals surface area (Å²) in [5.41, 5.74) is 2.59. The lowest BCUT2D eigenvalue weighted by Gasteiger charge is -2.27. The molecule has 1 aliphatic rings. The number of aromatic nitrogens is 1. The van der Waals surface area contributed by atoms with E-state index >= 15 is 0 Å². The molecular formula is C24H19N3O5. The Morgan fingerprint density at radius 2 is 1.75 bits per heavy atom. The Hall–Kier alpha value is -4.33. The first-order valence-electron chi connectivity index (χ1n) is 9.83. The molecule has 0 aliphatic carbocycles. The molecule has 0 spiro atoms. The summed E-state index contributed by atoms with van der Waals surface area (Å²) in [6.45, 7) is 3.76. The summed E-state index contributed by atoms with van der Waals surface area (Å²) in [4.78, 5) is 42.3. The van der Waals surface area contributed by atoms with Crippen LogP contribution in [0.2, 0.25) is 0 Å². The van der Waals surface area contributed by atoms with Crippen LogP contribution in [0.4, 0.5) is 11.4 Å². The average molecular weight is 429 g/mol. The zero-order valence-electron chi connectivity index (χ0n) is 17.4. The summed E-state index contributed by atoms with van der Waals surface area (Å²) in [5.74, 6) is -2.12. The van der Waals surface area contributed by atoms with E-state index in [1.165, 1.54) is 41.6 Å². The second-order valence-corrected chi connectivity index (χ2v) is 7.48. The number of aliphatic hydroxyl groups is 1. The first-order chi connectivity index (χ1) is 15.3. The summed E-state index contributed by atoms with van der Waals surface area (Å²) < 4.78 is 0. The molecule has 1 aliphatic heterocycles. The molecule has 32 heavy (non-hydrogen) atoms. The van der Waals surface area contributed by atoms with Crippen LogP contribution >= 0.6 is 0 Å². The summed E-state index contributed by atoms with van der Waals surface area (Å²) in [6, 6.07) is 13.2. The molecular weight excluding hydrogens is 410 g/mol. The number of amides is 1. The van der Waals surface area contributed by atoms with Gasteiger partial charge in [0.15, 0.2) is 0 Å². The van der Waals surface area contributed by atoms with E-state index in [0.717, 1.165) is 11.1 Å². The maximum absolute atomic E-state index is 13.2. The lowest BCUT2D eigenvalue weighted by atomic mass is 9.95. The highest BCUT2D eigenvalue weighted by Crippen LogP contribution is 2.43. The number of hydrogen-bond acceptors (Lipinski definition) is 6. The molecule has 4 rings (SSSR count). The molecule has 2 aromatic carbocycles. The van der Waals surface area contributed by atoms with Crippen LogP contribution in [-0.4, -0.2) is 26.7 Å². The highest BCUT2D eigenvalue weighted by molar-refractivity contribution is 6.51. The van der Waals surface area contributed by atoms with Gasteiger partial charge in [0.2, 0.25) is 0 Å². The van der Waals surface area contributed by atoms with Crippen molar-refractivity contribution in [2.45, 2.75) is 19.9 Å². The predicted molar refractivity (Wildman–Crippen MR) is 118 cm³/mol. The number of rotatable bonds is 4. The molecule has 0 radical (unpaired) electrons. The third-order valence-corrected chi connectivity index (χ3v) is 5.63. The SMILES string of the molecule is Cc1cccc(N2C(=O)C(=O)/C(=C(/O)c3cccc([N+](=O)[O-])c3)C2c2ccncc2)c1C. The first-order valence-corrected chi connectivity index (χ1v) is 9.83. The van der Waals surface area contributed by atoms with Crippen LogP contribution in [0.1, 0.15) is 28.3 Å². The highest BCUT2D eigenvalue weighted by atomic mass is 16.6. The first kappa shape index (κ1) is 20.9. The summed E-state index contributed by atoms with van der Waals surface area (Å²) >= 11 is 0. The zero-order chi connectivity index (χ0) is 23.0. The standard InChI is InChI=1S/C24H19N3O5/c1-14-5-3-8-19(15(14)2)26-21(16-9-11-25-12-10-16)20(23(29)24(26)30)22(28)17-6-4-7-18(13-17)27(31)32/h3-13,21,28H,1-2H3/b22-20+. The van der Waals surface area contributed by atoms with Gasteiger partial charge < -0.3 is 5.11 Å². The maximum Gasteiger partial charge on any atom is 0.300 e. The van der Waals surface area contributed by atoms with Crippen molar-refractivity contribution in [3.8, 4) is 0 Å². The number of carbonyl (C=O) groups excluding carboxylic acids is 2. The lowest BCUT2D eigenvalue weighted by Crippen LogP contribution is -2.30. The van der Waals surface area contributed by atoms with E-state index in [0.29, 0.717) is 11.3 Å². The average Bonchev–Trinajstić information content (AvgIpc) is 3.06. The Kier molecular flexibility index (Phi) is 5.28. The van der Waals surface area contributed by atoms with Gasteiger partial charge in [0.05, 0.1) is 16.5 Å². The largest absolute Gasteiger partial charge is 0.507 e. The molecule has 8 nitrogen and oxygen atoms in total. The monoisotopic (exact) mass is 429 g/mol. The van der Waals surface area contributed by atoms with Crippen LogP contribution in [0, 0.1) is 24.0 Å². The van der Waals surface area contributed by atoms with Crippen LogP contribution < -0.4 is 4.90 Å². The fourth-order valence-electron chi connectivity index (χ4n) is 3.86. The van der Waals surface area contributed by atoms with Gasteiger partial charge in [0.1, 0.15) is 5.76 Å². The van der Waals surface area contributed by atoms with Crippen molar-refractivity contribution in [1.29, 1.82) is 0 Å². The molecule has 0 bridgehead atoms. The third kappa shape index (κ3) is 3.41. The van der Waals surface area contributed by atoms with Crippen LogP contribution in [0.25, 0.3) is 5.76 Å². The Morgan fingerprint density at radius 3 is 2.44 bits per heavy atom. The molecule has 1 aromatic heterocycles. The number of nitro benzene ring substituents is 1. The van der Waals surface area contributed by atoms with Crippen LogP contribution in [0.3, 0.4) is 0 Å². The van der Waals surface area contributed by atoms with E-state index in [4.69, 9.17) is 0 Å². The minimum atomic E-state index is -0.919. The molecule has 0 saturated carbocycles. The van der Waals surface area contributed by atoms with Crippen LogP contribution in [-0.2, 0) is 9.59 Å². The number of nitrogens with zero attached hydrogens (tertiary/aromatic N) is 3. The molecule has 1 amide bonds. The normalized spacial score (nSPS) is 17.6. The van der Waals surface area contributed by atoms with Gasteiger partial charge in [-0.1, -0.05) is 24.3 Å². The second kappa shape index (κ2) is 8.07. The Bertz CT molecular complexity index is 1280. The highest BCUT2D eigenvalue weighted by Gasteiger charge is 2.47. The van der Waals surface area contributed by atoms with E-state index < -0.39 is 28.4 Å². The molecule has 160 valence electrons. The number of ketones is 1. The Labute approximate surface area is 183 Å². The van der Waals surface area contributed by atoms with E-state index in [2.05, 4.69) is 4.98 Å². The molecule has 1 unspecified atom stereocenters. The Balaban J connectivity index is 1.98. The van der Waals surface area contributed by atoms with Crippen molar-refractivity contribution < 1.29 is 19.6 Å². The number of aliphatic hydroxyl groups excluding tert-OH is 1. The van der Waals surface area contributed by atoms with Crippen LogP contribution in [0.15, 0.2) is 72.6 Å². The minimum Gasteiger partial charge on any atom is -0.507 e. The van der Waals surface area contributed by atoms with Gasteiger partial charge in [-0.2, -0.15) is 0 Å². The number of Topliss-reactive ketones (excluding diaryl/α,β-unsaturated/α-hetero) is 1. The van der Waals surface area contributed by atoms with Crippen LogP contribution in [0.5, 0.6) is 0 Å². The molecule has 2 heterocycles. The predicted octanol–water partition coefficient (Wildman–Crippen LogP) is 4.23. The molecule has 1 saturated heterocycles. The maximum atomic E-state index is 13.2. The summed E-state index contributed by atoms with van der Waals surface area (Å²) in [7, 11) is 0. The van der Waals surface area contributed by atoms with Crippen molar-refractivity contribution in [2.24, 2.45) is 0 Å². The van der Waals surface area contributed by atoms with E-state index in [-0.39, 0.29) is 16.8 Å². The number of anilines is 1. The van der Waals surface area contributed by atoms with Gasteiger partial charge in [0.25, 0.3) is 17.4 Å². The number of hydrogen-bond donors (Lipinski definition) is 1. The van der Waals surface area contributed by atoms with Crippen molar-refractivity contribution in [1.82, 2.24) is 4.98 Å². The van der Waals surface area contributed by atoms with Gasteiger partial charge in [-0.25, -0.2) is 0 Å². The van der Waals surface area contributed by atoms with Gasteiger partial charge >= 0.3 is 0 Å². The number of pyridine rings is 1. The zero-order valence-corrected chi connectivity index (χ0v) is 17.4. The van der Waals surface area contributed by atoms with Crippen molar-refractivity contribution in [3.05, 3.63) is 105 Å². The Morgan fingerprint density at radius 1 is 1.06 bits per heavy atom. The number of non-ortho nitro benzene ring substituents is 1. The van der Waals surface area contributed by atoms with Gasteiger partial charge in [-0.05, 0) is 48.7 Å². The summed E-state index contributed by atoms with van der Waals surface area (Å²) in [5, 5.41) is 22.3. The minimum absolute atomic E-state index is 0.0808.